The molecule has 0 aliphatic carbocycles. The molecule has 0 aliphatic heterocycles. The molecule has 1 atom stereocenters. The molecule has 3 rings (SSSR count). The number of sulfonamides is 1. The zero-order valence-electron chi connectivity index (χ0n) is 22.8. The van der Waals surface area contributed by atoms with E-state index in [0.717, 1.165) is 15.4 Å². The van der Waals surface area contributed by atoms with Crippen LogP contribution in [0, 0.1) is 6.92 Å². The lowest BCUT2D eigenvalue weighted by atomic mass is 10.1. The molecule has 0 aliphatic rings. The highest BCUT2D eigenvalue weighted by atomic mass is 32.2. The number of rotatable bonds is 10. The molecule has 1 amide bonds. The number of carbonyl (C=O) groups is 2. The van der Waals surface area contributed by atoms with E-state index in [4.69, 9.17) is 9.47 Å². The van der Waals surface area contributed by atoms with E-state index in [0.29, 0.717) is 5.75 Å². The summed E-state index contributed by atoms with van der Waals surface area (Å²) < 4.78 is 38.4. The molecule has 11 nitrogen and oxygen atoms in total. The summed E-state index contributed by atoms with van der Waals surface area (Å²) in [5.74, 6) is -0.0418. The highest BCUT2D eigenvalue weighted by Gasteiger charge is 2.28. The third-order valence-electron chi connectivity index (χ3n) is 5.59. The number of carbonyl (C=O) groups excluding carboxylic acids is 2. The fraction of sp³-hybridized carbons (Fsp3) is 0.333. The lowest BCUT2D eigenvalue weighted by Crippen LogP contribution is -2.36. The number of hydrogen-bond acceptors (Lipinski definition) is 9. The SMILES string of the molecule is Cc1ccc(S(=O)(=O)N(C)c2cncnc2N[C@@H](Cc2ccc(OC(=O)N(C)C)cc2)C(=O)OC(C)C)cc1. The van der Waals surface area contributed by atoms with Crippen LogP contribution in [0.25, 0.3) is 0 Å². The monoisotopic (exact) mass is 555 g/mol. The van der Waals surface area contributed by atoms with Crippen molar-refractivity contribution in [1.82, 2.24) is 14.9 Å². The quantitative estimate of drug-likeness (QED) is 0.373. The molecular formula is C27H33N5O6S. The van der Waals surface area contributed by atoms with Crippen molar-refractivity contribution in [2.45, 2.75) is 44.2 Å². The van der Waals surface area contributed by atoms with E-state index < -0.39 is 28.1 Å². The standard InChI is InChI=1S/C27H33N5O6S/c1-18(2)37-26(33)23(15-20-9-11-21(12-10-20)38-27(34)31(4)5)30-25-24(16-28-17-29-25)32(6)39(35,36)22-13-7-19(3)8-14-22/h7-14,16-18,23H,15H2,1-6H3,(H,28,29,30)/t23-/m0/s1. The van der Waals surface area contributed by atoms with E-state index in [9.17, 15) is 18.0 Å². The van der Waals surface area contributed by atoms with Gasteiger partial charge < -0.3 is 19.7 Å². The Morgan fingerprint density at radius 1 is 1.00 bits per heavy atom. The third kappa shape index (κ3) is 7.66. The van der Waals surface area contributed by atoms with Gasteiger partial charge in [0.1, 0.15) is 23.8 Å². The van der Waals surface area contributed by atoms with E-state index in [-0.39, 0.29) is 28.9 Å². The predicted octanol–water partition coefficient (Wildman–Crippen LogP) is 3.65. The number of nitrogens with zero attached hydrogens (tertiary/aromatic N) is 4. The average molecular weight is 556 g/mol. The predicted molar refractivity (Wildman–Crippen MR) is 147 cm³/mol. The summed E-state index contributed by atoms with van der Waals surface area (Å²) >= 11 is 0. The van der Waals surface area contributed by atoms with Crippen LogP contribution in [-0.2, 0) is 26.0 Å². The second-order valence-electron chi connectivity index (χ2n) is 9.34. The number of aryl methyl sites for hydroxylation is 1. The van der Waals surface area contributed by atoms with Crippen LogP contribution >= 0.6 is 0 Å². The minimum absolute atomic E-state index is 0.108. The van der Waals surface area contributed by atoms with E-state index in [1.807, 2.05) is 6.92 Å². The van der Waals surface area contributed by atoms with Crippen LogP contribution in [0.1, 0.15) is 25.0 Å². The normalized spacial score (nSPS) is 12.0. The number of esters is 1. The summed E-state index contributed by atoms with van der Waals surface area (Å²) in [6.45, 7) is 5.34. The van der Waals surface area contributed by atoms with Gasteiger partial charge in [0.2, 0.25) is 0 Å². The van der Waals surface area contributed by atoms with Gasteiger partial charge in [-0.2, -0.15) is 0 Å². The number of anilines is 2. The molecule has 1 aromatic heterocycles. The molecular weight excluding hydrogens is 522 g/mol. The van der Waals surface area contributed by atoms with E-state index in [1.54, 1.807) is 64.3 Å². The largest absolute Gasteiger partial charge is 0.461 e. The van der Waals surface area contributed by atoms with Crippen molar-refractivity contribution in [1.29, 1.82) is 0 Å². The molecule has 208 valence electrons. The highest BCUT2D eigenvalue weighted by molar-refractivity contribution is 7.92. The van der Waals surface area contributed by atoms with Crippen LogP contribution in [0.15, 0.2) is 66.0 Å². The topological polar surface area (TPSA) is 131 Å². The van der Waals surface area contributed by atoms with Crippen molar-refractivity contribution in [3.05, 3.63) is 72.2 Å². The molecule has 0 spiro atoms. The summed E-state index contributed by atoms with van der Waals surface area (Å²) in [4.78, 5) is 34.5. The first-order valence-electron chi connectivity index (χ1n) is 12.2. The lowest BCUT2D eigenvalue weighted by molar-refractivity contribution is -0.148. The Morgan fingerprint density at radius 3 is 2.23 bits per heavy atom. The maximum absolute atomic E-state index is 13.3. The first kappa shape index (κ1) is 29.4. The van der Waals surface area contributed by atoms with Crippen molar-refractivity contribution in [2.24, 2.45) is 0 Å². The number of aromatic nitrogens is 2. The number of benzene rings is 2. The van der Waals surface area contributed by atoms with E-state index in [1.165, 1.54) is 36.6 Å². The van der Waals surface area contributed by atoms with Crippen LogP contribution < -0.4 is 14.4 Å². The summed E-state index contributed by atoms with van der Waals surface area (Å²) in [6, 6.07) is 12.3. The molecule has 2 aromatic carbocycles. The van der Waals surface area contributed by atoms with Gasteiger partial charge in [0, 0.05) is 27.6 Å². The maximum atomic E-state index is 13.3. The minimum atomic E-state index is -3.93. The summed E-state index contributed by atoms with van der Waals surface area (Å²) in [5.41, 5.74) is 1.83. The average Bonchev–Trinajstić information content (AvgIpc) is 2.89. The minimum Gasteiger partial charge on any atom is -0.461 e. The zero-order valence-corrected chi connectivity index (χ0v) is 23.6. The summed E-state index contributed by atoms with van der Waals surface area (Å²) in [5, 5.41) is 3.05. The maximum Gasteiger partial charge on any atom is 0.414 e. The van der Waals surface area contributed by atoms with Gasteiger partial charge in [-0.3, -0.25) is 4.31 Å². The van der Waals surface area contributed by atoms with Gasteiger partial charge in [-0.1, -0.05) is 29.8 Å². The molecule has 0 saturated carbocycles. The van der Waals surface area contributed by atoms with Crippen molar-refractivity contribution in [3.63, 3.8) is 0 Å². The Bertz CT molecular complexity index is 1390. The molecule has 3 aromatic rings. The van der Waals surface area contributed by atoms with Gasteiger partial charge in [0.05, 0.1) is 17.2 Å². The fourth-order valence-electron chi connectivity index (χ4n) is 3.46. The van der Waals surface area contributed by atoms with Gasteiger partial charge >= 0.3 is 12.1 Å². The summed E-state index contributed by atoms with van der Waals surface area (Å²) in [6.07, 6.45) is 1.93. The second kappa shape index (κ2) is 12.6. The van der Waals surface area contributed by atoms with Gasteiger partial charge in [-0.05, 0) is 50.6 Å². The Balaban J connectivity index is 1.88. The highest BCUT2D eigenvalue weighted by Crippen LogP contribution is 2.28. The van der Waals surface area contributed by atoms with Crippen molar-refractivity contribution >= 4 is 33.6 Å². The lowest BCUT2D eigenvalue weighted by Gasteiger charge is -2.24. The van der Waals surface area contributed by atoms with Gasteiger partial charge in [-0.15, -0.1) is 0 Å². The number of ether oxygens (including phenoxy) is 2. The van der Waals surface area contributed by atoms with Crippen LogP contribution in [0.2, 0.25) is 0 Å². The van der Waals surface area contributed by atoms with Crippen molar-refractivity contribution in [3.8, 4) is 5.75 Å². The molecule has 1 N–H and O–H groups in total. The van der Waals surface area contributed by atoms with Gasteiger partial charge in [0.15, 0.2) is 5.82 Å². The summed E-state index contributed by atoms with van der Waals surface area (Å²) in [7, 11) is 0.626. The van der Waals surface area contributed by atoms with Crippen LogP contribution in [0.5, 0.6) is 5.75 Å². The number of amides is 1. The number of hydrogen-bond donors (Lipinski definition) is 1. The Morgan fingerprint density at radius 2 is 1.64 bits per heavy atom. The molecule has 39 heavy (non-hydrogen) atoms. The first-order valence-corrected chi connectivity index (χ1v) is 13.6. The Hall–Kier alpha value is -4.19. The molecule has 1 heterocycles. The van der Waals surface area contributed by atoms with Gasteiger partial charge in [-0.25, -0.2) is 28.0 Å². The van der Waals surface area contributed by atoms with Crippen LogP contribution in [-0.4, -0.2) is 68.6 Å². The molecule has 0 radical (unpaired) electrons. The van der Waals surface area contributed by atoms with Crippen LogP contribution in [0.3, 0.4) is 0 Å². The fourth-order valence-corrected chi connectivity index (χ4v) is 4.64. The molecule has 0 bridgehead atoms. The smallest absolute Gasteiger partial charge is 0.414 e. The van der Waals surface area contributed by atoms with Crippen molar-refractivity contribution < 1.29 is 27.5 Å². The van der Waals surface area contributed by atoms with Gasteiger partial charge in [0.25, 0.3) is 10.0 Å². The molecule has 0 fully saturated rings. The Kier molecular flexibility index (Phi) is 9.47. The van der Waals surface area contributed by atoms with E-state index >= 15 is 0 Å². The van der Waals surface area contributed by atoms with Crippen LogP contribution in [0.4, 0.5) is 16.3 Å². The molecule has 0 saturated heterocycles. The van der Waals surface area contributed by atoms with Crippen molar-refractivity contribution in [2.75, 3.05) is 30.8 Å². The number of nitrogens with one attached hydrogen (secondary N) is 1. The molecule has 0 unspecified atom stereocenters. The zero-order chi connectivity index (χ0) is 28.7. The second-order valence-corrected chi connectivity index (χ2v) is 11.3. The third-order valence-corrected chi connectivity index (χ3v) is 7.38. The first-order chi connectivity index (χ1) is 18.4. The molecule has 12 heteroatoms. The van der Waals surface area contributed by atoms with E-state index in [2.05, 4.69) is 15.3 Å². The Labute approximate surface area is 228 Å².